The fourth-order valence-corrected chi connectivity index (χ4v) is 3.33. The Bertz CT molecular complexity index is 521. The van der Waals surface area contributed by atoms with Crippen molar-refractivity contribution in [2.24, 2.45) is 5.73 Å². The van der Waals surface area contributed by atoms with Crippen LogP contribution in [0.15, 0.2) is 23.1 Å². The SMILES string of the molecule is CSCCCCCNS(=O)(=O)c1ccc(F)c(CN)c1. The summed E-state index contributed by atoms with van der Waals surface area (Å²) < 4.78 is 39.9. The number of hydrogen-bond donors (Lipinski definition) is 2. The highest BCUT2D eigenvalue weighted by atomic mass is 32.2. The van der Waals surface area contributed by atoms with E-state index in [-0.39, 0.29) is 17.0 Å². The van der Waals surface area contributed by atoms with Crippen LogP contribution in [0.2, 0.25) is 0 Å². The highest BCUT2D eigenvalue weighted by Crippen LogP contribution is 2.14. The molecule has 0 fully saturated rings. The quantitative estimate of drug-likeness (QED) is 0.684. The monoisotopic (exact) mass is 320 g/mol. The molecule has 0 saturated heterocycles. The molecule has 20 heavy (non-hydrogen) atoms. The van der Waals surface area contributed by atoms with Gasteiger partial charge in [-0.3, -0.25) is 0 Å². The Morgan fingerprint density at radius 1 is 1.30 bits per heavy atom. The third-order valence-corrected chi connectivity index (χ3v) is 5.02. The van der Waals surface area contributed by atoms with Crippen molar-refractivity contribution in [1.82, 2.24) is 4.72 Å². The van der Waals surface area contributed by atoms with Crippen molar-refractivity contribution >= 4 is 21.8 Å². The minimum Gasteiger partial charge on any atom is -0.326 e. The first-order valence-corrected chi connectivity index (χ1v) is 9.36. The van der Waals surface area contributed by atoms with Crippen molar-refractivity contribution in [3.63, 3.8) is 0 Å². The average molecular weight is 320 g/mol. The van der Waals surface area contributed by atoms with E-state index in [9.17, 15) is 12.8 Å². The van der Waals surface area contributed by atoms with Crippen molar-refractivity contribution in [2.45, 2.75) is 30.7 Å². The lowest BCUT2D eigenvalue weighted by molar-refractivity contribution is 0.574. The number of thioether (sulfide) groups is 1. The molecule has 0 amide bonds. The van der Waals surface area contributed by atoms with E-state index in [1.165, 1.54) is 12.1 Å². The summed E-state index contributed by atoms with van der Waals surface area (Å²) in [6, 6.07) is 3.67. The molecule has 0 atom stereocenters. The number of nitrogens with two attached hydrogens (primary N) is 1. The second-order valence-electron chi connectivity index (χ2n) is 4.41. The largest absolute Gasteiger partial charge is 0.326 e. The molecular weight excluding hydrogens is 299 g/mol. The topological polar surface area (TPSA) is 72.2 Å². The van der Waals surface area contributed by atoms with Gasteiger partial charge in [0.15, 0.2) is 0 Å². The Morgan fingerprint density at radius 3 is 2.70 bits per heavy atom. The van der Waals surface area contributed by atoms with Gasteiger partial charge in [-0.2, -0.15) is 11.8 Å². The Kier molecular flexibility index (Phi) is 7.50. The zero-order chi connectivity index (χ0) is 15.0. The highest BCUT2D eigenvalue weighted by Gasteiger charge is 2.15. The molecular formula is C13H21FN2O2S2. The number of sulfonamides is 1. The molecule has 3 N–H and O–H groups in total. The molecule has 0 unspecified atom stereocenters. The van der Waals surface area contributed by atoms with Crippen molar-refractivity contribution < 1.29 is 12.8 Å². The molecule has 0 radical (unpaired) electrons. The molecule has 0 aliphatic rings. The van der Waals surface area contributed by atoms with Crippen LogP contribution in [-0.2, 0) is 16.6 Å². The first kappa shape index (κ1) is 17.4. The van der Waals surface area contributed by atoms with Gasteiger partial charge in [0.2, 0.25) is 10.0 Å². The Morgan fingerprint density at radius 2 is 2.05 bits per heavy atom. The molecule has 7 heteroatoms. The molecule has 1 aromatic rings. The lowest BCUT2D eigenvalue weighted by Gasteiger charge is -2.08. The van der Waals surface area contributed by atoms with Gasteiger partial charge < -0.3 is 5.73 Å². The van der Waals surface area contributed by atoms with Gasteiger partial charge in [-0.25, -0.2) is 17.5 Å². The van der Waals surface area contributed by atoms with Crippen molar-refractivity contribution in [2.75, 3.05) is 18.6 Å². The first-order chi connectivity index (χ1) is 9.51. The second kappa shape index (κ2) is 8.61. The summed E-state index contributed by atoms with van der Waals surface area (Å²) in [6.07, 6.45) is 4.91. The predicted molar refractivity (Wildman–Crippen MR) is 81.7 cm³/mol. The maximum atomic E-state index is 13.3. The van der Waals surface area contributed by atoms with E-state index < -0.39 is 15.8 Å². The molecule has 0 bridgehead atoms. The van der Waals surface area contributed by atoms with Gasteiger partial charge in [0.1, 0.15) is 5.82 Å². The van der Waals surface area contributed by atoms with E-state index in [0.717, 1.165) is 31.1 Å². The van der Waals surface area contributed by atoms with Crippen molar-refractivity contribution in [1.29, 1.82) is 0 Å². The summed E-state index contributed by atoms with van der Waals surface area (Å²) in [5.74, 6) is 0.605. The lowest BCUT2D eigenvalue weighted by atomic mass is 10.2. The highest BCUT2D eigenvalue weighted by molar-refractivity contribution is 7.98. The summed E-state index contributed by atoms with van der Waals surface area (Å²) in [7, 11) is -3.58. The van der Waals surface area contributed by atoms with Crippen LogP contribution in [-0.4, -0.2) is 27.0 Å². The summed E-state index contributed by atoms with van der Waals surface area (Å²) in [4.78, 5) is 0.0588. The van der Waals surface area contributed by atoms with Gasteiger partial charge in [-0.1, -0.05) is 6.42 Å². The molecule has 114 valence electrons. The number of halogens is 1. The van der Waals surface area contributed by atoms with Crippen LogP contribution >= 0.6 is 11.8 Å². The van der Waals surface area contributed by atoms with E-state index in [4.69, 9.17) is 5.73 Å². The normalized spacial score (nSPS) is 11.8. The van der Waals surface area contributed by atoms with E-state index >= 15 is 0 Å². The van der Waals surface area contributed by atoms with Gasteiger partial charge in [0.05, 0.1) is 4.90 Å². The molecule has 0 saturated carbocycles. The zero-order valence-electron chi connectivity index (χ0n) is 11.6. The molecule has 0 aromatic heterocycles. The van der Waals surface area contributed by atoms with Crippen LogP contribution < -0.4 is 10.5 Å². The third kappa shape index (κ3) is 5.40. The molecule has 4 nitrogen and oxygen atoms in total. The summed E-state index contributed by atoms with van der Waals surface area (Å²) in [5, 5.41) is 0. The number of benzene rings is 1. The minimum atomic E-state index is -3.58. The van der Waals surface area contributed by atoms with Gasteiger partial charge >= 0.3 is 0 Å². The standard InChI is InChI=1S/C13H21FN2O2S2/c1-19-8-4-2-3-7-16-20(17,18)12-5-6-13(14)11(9-12)10-15/h5-6,9,16H,2-4,7-8,10,15H2,1H3. The molecule has 0 spiro atoms. The lowest BCUT2D eigenvalue weighted by Crippen LogP contribution is -2.25. The predicted octanol–water partition coefficient (Wildman–Crippen LogP) is 2.10. The van der Waals surface area contributed by atoms with E-state index in [1.807, 2.05) is 6.26 Å². The zero-order valence-corrected chi connectivity index (χ0v) is 13.2. The maximum absolute atomic E-state index is 13.3. The Labute approximate surface area is 124 Å². The van der Waals surface area contributed by atoms with Crippen LogP contribution in [0.1, 0.15) is 24.8 Å². The van der Waals surface area contributed by atoms with E-state index in [2.05, 4.69) is 4.72 Å². The van der Waals surface area contributed by atoms with Gasteiger partial charge in [0.25, 0.3) is 0 Å². The molecule has 1 aromatic carbocycles. The minimum absolute atomic E-state index is 0.0239. The maximum Gasteiger partial charge on any atom is 0.240 e. The van der Waals surface area contributed by atoms with Gasteiger partial charge in [-0.15, -0.1) is 0 Å². The first-order valence-electron chi connectivity index (χ1n) is 6.48. The van der Waals surface area contributed by atoms with E-state index in [0.29, 0.717) is 6.54 Å². The summed E-state index contributed by atoms with van der Waals surface area (Å²) in [6.45, 7) is 0.371. The van der Waals surface area contributed by atoms with Gasteiger partial charge in [-0.05, 0) is 43.0 Å². The molecule has 0 heterocycles. The van der Waals surface area contributed by atoms with Gasteiger partial charge in [0, 0.05) is 18.7 Å². The number of hydrogen-bond acceptors (Lipinski definition) is 4. The van der Waals surface area contributed by atoms with Crippen LogP contribution in [0.3, 0.4) is 0 Å². The van der Waals surface area contributed by atoms with Crippen LogP contribution in [0, 0.1) is 5.82 Å². The van der Waals surface area contributed by atoms with Crippen molar-refractivity contribution in [3.05, 3.63) is 29.6 Å². The third-order valence-electron chi connectivity index (χ3n) is 2.86. The average Bonchev–Trinajstić information content (AvgIpc) is 2.43. The fourth-order valence-electron chi connectivity index (χ4n) is 1.71. The van der Waals surface area contributed by atoms with Crippen LogP contribution in [0.5, 0.6) is 0 Å². The smallest absolute Gasteiger partial charge is 0.240 e. The fraction of sp³-hybridized carbons (Fsp3) is 0.538. The molecule has 0 aliphatic carbocycles. The Balaban J connectivity index is 2.56. The van der Waals surface area contributed by atoms with Crippen LogP contribution in [0.4, 0.5) is 4.39 Å². The van der Waals surface area contributed by atoms with Crippen LogP contribution in [0.25, 0.3) is 0 Å². The number of nitrogens with one attached hydrogen (secondary N) is 1. The molecule has 1 rings (SSSR count). The second-order valence-corrected chi connectivity index (χ2v) is 7.16. The number of unbranched alkanes of at least 4 members (excludes halogenated alkanes) is 2. The summed E-state index contributed by atoms with van der Waals surface area (Å²) in [5.41, 5.74) is 5.58. The molecule has 0 aliphatic heterocycles. The number of rotatable bonds is 9. The Hall–Kier alpha value is -0.630. The van der Waals surface area contributed by atoms with E-state index in [1.54, 1.807) is 11.8 Å². The summed E-state index contributed by atoms with van der Waals surface area (Å²) >= 11 is 1.78. The van der Waals surface area contributed by atoms with Crippen molar-refractivity contribution in [3.8, 4) is 0 Å².